The zero-order valence-corrected chi connectivity index (χ0v) is 13.0. The van der Waals surface area contributed by atoms with Gasteiger partial charge in [0.2, 0.25) is 11.8 Å². The molecule has 23 heavy (non-hydrogen) atoms. The van der Waals surface area contributed by atoms with E-state index >= 15 is 0 Å². The van der Waals surface area contributed by atoms with E-state index in [1.807, 2.05) is 12.1 Å². The van der Waals surface area contributed by atoms with Crippen LogP contribution in [0.1, 0.15) is 53.9 Å². The standard InChI is InChI=1S/C17H21N3O3/c18-17(23)13-5-4-11(12-9-15(21)19-16(22)10-12)8-14(13)20-6-2-1-3-7-20/h4-5,8,12H,1-3,6-7,9-10H2,(H2,18,23)(H,19,21,22). The van der Waals surface area contributed by atoms with Crippen LogP contribution in [0.4, 0.5) is 5.69 Å². The van der Waals surface area contributed by atoms with Crippen molar-refractivity contribution in [2.24, 2.45) is 5.73 Å². The highest BCUT2D eigenvalue weighted by Gasteiger charge is 2.27. The third-order valence-electron chi connectivity index (χ3n) is 4.60. The number of nitrogens with zero attached hydrogens (tertiary/aromatic N) is 1. The van der Waals surface area contributed by atoms with Crippen LogP contribution in [0.15, 0.2) is 18.2 Å². The minimum absolute atomic E-state index is 0.137. The average molecular weight is 315 g/mol. The molecule has 3 rings (SSSR count). The third-order valence-corrected chi connectivity index (χ3v) is 4.60. The van der Waals surface area contributed by atoms with E-state index in [1.54, 1.807) is 6.07 Å². The van der Waals surface area contributed by atoms with Gasteiger partial charge in [0.05, 0.1) is 5.56 Å². The number of primary amides is 1. The van der Waals surface area contributed by atoms with E-state index in [2.05, 4.69) is 10.2 Å². The summed E-state index contributed by atoms with van der Waals surface area (Å²) in [6.07, 6.45) is 3.96. The Morgan fingerprint density at radius 2 is 1.74 bits per heavy atom. The normalized spacial score (nSPS) is 19.6. The quantitative estimate of drug-likeness (QED) is 0.822. The number of hydrogen-bond acceptors (Lipinski definition) is 4. The number of amides is 3. The van der Waals surface area contributed by atoms with Crippen LogP contribution in [0.2, 0.25) is 0 Å². The number of benzene rings is 1. The van der Waals surface area contributed by atoms with Crippen molar-refractivity contribution in [2.75, 3.05) is 18.0 Å². The number of rotatable bonds is 3. The predicted octanol–water partition coefficient (Wildman–Crippen LogP) is 1.30. The Hall–Kier alpha value is -2.37. The van der Waals surface area contributed by atoms with Gasteiger partial charge in [-0.25, -0.2) is 0 Å². The molecular formula is C17H21N3O3. The lowest BCUT2D eigenvalue weighted by Gasteiger charge is -2.31. The van der Waals surface area contributed by atoms with Crippen LogP contribution in [0.25, 0.3) is 0 Å². The van der Waals surface area contributed by atoms with Gasteiger partial charge in [0.1, 0.15) is 0 Å². The van der Waals surface area contributed by atoms with E-state index in [0.29, 0.717) is 18.4 Å². The molecule has 0 radical (unpaired) electrons. The summed E-state index contributed by atoms with van der Waals surface area (Å²) in [5.41, 5.74) is 7.75. The third kappa shape index (κ3) is 3.36. The number of nitrogens with one attached hydrogen (secondary N) is 1. The van der Waals surface area contributed by atoms with Crippen molar-refractivity contribution in [3.63, 3.8) is 0 Å². The lowest BCUT2D eigenvalue weighted by molar-refractivity contribution is -0.133. The first kappa shape index (κ1) is 15.5. The Morgan fingerprint density at radius 3 is 2.35 bits per heavy atom. The first-order chi connectivity index (χ1) is 11.0. The molecule has 0 spiro atoms. The first-order valence-corrected chi connectivity index (χ1v) is 8.06. The van der Waals surface area contributed by atoms with Crippen LogP contribution in [-0.4, -0.2) is 30.8 Å². The van der Waals surface area contributed by atoms with Crippen LogP contribution < -0.4 is 16.0 Å². The van der Waals surface area contributed by atoms with Crippen LogP contribution in [-0.2, 0) is 9.59 Å². The molecule has 0 bridgehead atoms. The van der Waals surface area contributed by atoms with E-state index in [1.165, 1.54) is 6.42 Å². The maximum atomic E-state index is 11.7. The summed E-state index contributed by atoms with van der Waals surface area (Å²) < 4.78 is 0. The van der Waals surface area contributed by atoms with Crippen molar-refractivity contribution in [1.82, 2.24) is 5.32 Å². The summed E-state index contributed by atoms with van der Waals surface area (Å²) in [6, 6.07) is 5.46. The number of hydrogen-bond donors (Lipinski definition) is 2. The highest BCUT2D eigenvalue weighted by Crippen LogP contribution is 2.32. The second-order valence-corrected chi connectivity index (χ2v) is 6.27. The molecule has 2 heterocycles. The van der Waals surface area contributed by atoms with E-state index in [0.717, 1.165) is 37.2 Å². The maximum absolute atomic E-state index is 11.7. The summed E-state index contributed by atoms with van der Waals surface area (Å²) >= 11 is 0. The first-order valence-electron chi connectivity index (χ1n) is 8.06. The summed E-state index contributed by atoms with van der Waals surface area (Å²) in [7, 11) is 0. The largest absolute Gasteiger partial charge is 0.371 e. The summed E-state index contributed by atoms with van der Waals surface area (Å²) in [5, 5.41) is 2.32. The number of piperidine rings is 2. The molecule has 1 aromatic rings. The zero-order valence-electron chi connectivity index (χ0n) is 13.0. The van der Waals surface area contributed by atoms with Crippen LogP contribution in [0.5, 0.6) is 0 Å². The Morgan fingerprint density at radius 1 is 1.09 bits per heavy atom. The molecule has 6 heteroatoms. The molecule has 0 unspecified atom stereocenters. The fraction of sp³-hybridized carbons (Fsp3) is 0.471. The van der Waals surface area contributed by atoms with Gasteiger partial charge < -0.3 is 10.6 Å². The van der Waals surface area contributed by atoms with Crippen LogP contribution in [0, 0.1) is 0 Å². The summed E-state index contributed by atoms with van der Waals surface area (Å²) in [5.74, 6) is -1.08. The fourth-order valence-electron chi connectivity index (χ4n) is 3.42. The SMILES string of the molecule is NC(=O)c1ccc(C2CC(=O)NC(=O)C2)cc1N1CCCCC1. The molecule has 0 atom stereocenters. The Labute approximate surface area is 135 Å². The zero-order chi connectivity index (χ0) is 16.4. The number of anilines is 1. The number of carbonyl (C=O) groups excluding carboxylic acids is 3. The van der Waals surface area contributed by atoms with Crippen molar-refractivity contribution >= 4 is 23.4 Å². The summed E-state index contributed by atoms with van der Waals surface area (Å²) in [4.78, 5) is 37.1. The number of nitrogens with two attached hydrogens (primary N) is 1. The molecule has 6 nitrogen and oxygen atoms in total. The number of imide groups is 1. The molecule has 3 amide bonds. The fourth-order valence-corrected chi connectivity index (χ4v) is 3.42. The molecule has 3 N–H and O–H groups in total. The molecule has 2 aliphatic heterocycles. The molecule has 1 aromatic carbocycles. The van der Waals surface area contributed by atoms with Crippen molar-refractivity contribution in [3.05, 3.63) is 29.3 Å². The second-order valence-electron chi connectivity index (χ2n) is 6.27. The minimum atomic E-state index is -0.449. The van der Waals surface area contributed by atoms with Gasteiger partial charge in [0, 0.05) is 37.5 Å². The topological polar surface area (TPSA) is 92.5 Å². The van der Waals surface area contributed by atoms with E-state index < -0.39 is 5.91 Å². The predicted molar refractivity (Wildman–Crippen MR) is 86.1 cm³/mol. The van der Waals surface area contributed by atoms with Crippen molar-refractivity contribution in [2.45, 2.75) is 38.0 Å². The van der Waals surface area contributed by atoms with Gasteiger partial charge in [-0.05, 0) is 37.0 Å². The smallest absolute Gasteiger partial charge is 0.250 e. The average Bonchev–Trinajstić information content (AvgIpc) is 2.54. The monoisotopic (exact) mass is 315 g/mol. The lowest BCUT2D eigenvalue weighted by atomic mass is 9.88. The molecule has 0 aromatic heterocycles. The lowest BCUT2D eigenvalue weighted by Crippen LogP contribution is -2.37. The Balaban J connectivity index is 1.94. The minimum Gasteiger partial charge on any atom is -0.371 e. The van der Waals surface area contributed by atoms with Crippen molar-refractivity contribution < 1.29 is 14.4 Å². The van der Waals surface area contributed by atoms with E-state index in [-0.39, 0.29) is 17.7 Å². The van der Waals surface area contributed by atoms with Gasteiger partial charge in [-0.3, -0.25) is 19.7 Å². The van der Waals surface area contributed by atoms with Crippen molar-refractivity contribution in [3.8, 4) is 0 Å². The van der Waals surface area contributed by atoms with Gasteiger partial charge in [0.25, 0.3) is 5.91 Å². The van der Waals surface area contributed by atoms with Gasteiger partial charge in [-0.2, -0.15) is 0 Å². The molecule has 0 saturated carbocycles. The molecule has 2 aliphatic rings. The van der Waals surface area contributed by atoms with Gasteiger partial charge >= 0.3 is 0 Å². The van der Waals surface area contributed by atoms with E-state index in [9.17, 15) is 14.4 Å². The van der Waals surface area contributed by atoms with Crippen LogP contribution >= 0.6 is 0 Å². The van der Waals surface area contributed by atoms with Crippen LogP contribution in [0.3, 0.4) is 0 Å². The molecule has 2 saturated heterocycles. The van der Waals surface area contributed by atoms with Gasteiger partial charge in [-0.1, -0.05) is 6.07 Å². The molecule has 0 aliphatic carbocycles. The van der Waals surface area contributed by atoms with Gasteiger partial charge in [0.15, 0.2) is 0 Å². The van der Waals surface area contributed by atoms with Gasteiger partial charge in [-0.15, -0.1) is 0 Å². The van der Waals surface area contributed by atoms with E-state index in [4.69, 9.17) is 5.73 Å². The second kappa shape index (κ2) is 6.40. The highest BCUT2D eigenvalue weighted by molar-refractivity contribution is 6.00. The highest BCUT2D eigenvalue weighted by atomic mass is 16.2. The summed E-state index contributed by atoms with van der Waals surface area (Å²) in [6.45, 7) is 1.79. The maximum Gasteiger partial charge on any atom is 0.250 e. The molecule has 122 valence electrons. The van der Waals surface area contributed by atoms with Crippen molar-refractivity contribution in [1.29, 1.82) is 0 Å². The Kier molecular flexibility index (Phi) is 4.32. The Bertz CT molecular complexity index is 634. The molecule has 2 fully saturated rings. The molecular weight excluding hydrogens is 294 g/mol. The number of carbonyl (C=O) groups is 3.